The second-order valence-electron chi connectivity index (χ2n) is 4.73. The van der Waals surface area contributed by atoms with Crippen LogP contribution in [0, 0.1) is 4.77 Å². The van der Waals surface area contributed by atoms with Gasteiger partial charge < -0.3 is 14.3 Å². The van der Waals surface area contributed by atoms with Gasteiger partial charge in [-0.15, -0.1) is 0 Å². The van der Waals surface area contributed by atoms with E-state index in [2.05, 4.69) is 16.5 Å². The average molecular weight is 283 g/mol. The summed E-state index contributed by atoms with van der Waals surface area (Å²) in [6.07, 6.45) is 2.47. The minimum absolute atomic E-state index is 0.229. The molecule has 5 heteroatoms. The van der Waals surface area contributed by atoms with Crippen molar-refractivity contribution in [2.24, 2.45) is 0 Å². The van der Waals surface area contributed by atoms with Crippen molar-refractivity contribution in [3.8, 4) is 0 Å². The summed E-state index contributed by atoms with van der Waals surface area (Å²) in [5.41, 5.74) is 1.96. The average Bonchev–Trinajstić information content (AvgIpc) is 2.96. The number of imidazole rings is 1. The molecule has 0 spiro atoms. The van der Waals surface area contributed by atoms with Crippen LogP contribution in [0.25, 0.3) is 11.0 Å². The van der Waals surface area contributed by atoms with E-state index in [1.165, 1.54) is 0 Å². The highest BCUT2D eigenvalue weighted by atomic mass is 35.5. The Kier molecular flexibility index (Phi) is 3.18. The van der Waals surface area contributed by atoms with E-state index in [9.17, 15) is 0 Å². The normalized spacial score (nSPS) is 21.6. The highest BCUT2D eigenvalue weighted by Crippen LogP contribution is 2.30. The maximum absolute atomic E-state index is 6.18. The molecule has 2 unspecified atom stereocenters. The van der Waals surface area contributed by atoms with Crippen molar-refractivity contribution in [2.45, 2.75) is 31.9 Å². The molecule has 0 saturated carbocycles. The van der Waals surface area contributed by atoms with Gasteiger partial charge in [-0.3, -0.25) is 0 Å². The summed E-state index contributed by atoms with van der Waals surface area (Å²) in [6.45, 7) is 3.01. The van der Waals surface area contributed by atoms with Gasteiger partial charge in [0.05, 0.1) is 28.2 Å². The lowest BCUT2D eigenvalue weighted by Gasteiger charge is -2.20. The van der Waals surface area contributed by atoms with Crippen LogP contribution in [0.4, 0.5) is 0 Å². The number of rotatable bonds is 2. The highest BCUT2D eigenvalue weighted by molar-refractivity contribution is 7.71. The number of ether oxygens (including phenoxy) is 1. The number of aromatic nitrogens is 2. The number of hydrogen-bond acceptors (Lipinski definition) is 2. The van der Waals surface area contributed by atoms with Crippen molar-refractivity contribution >= 4 is 34.9 Å². The van der Waals surface area contributed by atoms with Crippen molar-refractivity contribution in [2.75, 3.05) is 6.61 Å². The number of para-hydroxylation sites is 1. The SMILES string of the molecule is CC(C1CCCO1)n1c(=S)[nH]c2c(Cl)cccc21. The molecule has 3 nitrogen and oxygen atoms in total. The van der Waals surface area contributed by atoms with Crippen molar-refractivity contribution in [3.05, 3.63) is 28.0 Å². The van der Waals surface area contributed by atoms with Gasteiger partial charge in [-0.1, -0.05) is 17.7 Å². The Labute approximate surface area is 116 Å². The topological polar surface area (TPSA) is 29.9 Å². The van der Waals surface area contributed by atoms with Crippen molar-refractivity contribution in [3.63, 3.8) is 0 Å². The molecule has 0 aliphatic carbocycles. The fourth-order valence-electron chi connectivity index (χ4n) is 2.67. The lowest BCUT2D eigenvalue weighted by atomic mass is 10.1. The molecule has 2 aromatic rings. The van der Waals surface area contributed by atoms with E-state index in [0.717, 1.165) is 30.5 Å². The molecule has 1 aliphatic rings. The van der Waals surface area contributed by atoms with Crippen molar-refractivity contribution in [1.82, 2.24) is 9.55 Å². The molecule has 0 bridgehead atoms. The summed E-state index contributed by atoms with van der Waals surface area (Å²) < 4.78 is 8.59. The van der Waals surface area contributed by atoms with E-state index in [0.29, 0.717) is 9.79 Å². The maximum atomic E-state index is 6.18. The monoisotopic (exact) mass is 282 g/mol. The predicted octanol–water partition coefficient (Wildman–Crippen LogP) is 4.09. The smallest absolute Gasteiger partial charge is 0.178 e. The summed E-state index contributed by atoms with van der Waals surface area (Å²) in [7, 11) is 0. The van der Waals surface area contributed by atoms with E-state index in [-0.39, 0.29) is 12.1 Å². The molecule has 0 amide bonds. The molecule has 1 N–H and O–H groups in total. The molecule has 0 radical (unpaired) electrons. The van der Waals surface area contributed by atoms with Crippen LogP contribution in [0.3, 0.4) is 0 Å². The molecule has 1 aromatic heterocycles. The van der Waals surface area contributed by atoms with Gasteiger partial charge in [0, 0.05) is 6.61 Å². The molecule has 1 aromatic carbocycles. The summed E-state index contributed by atoms with van der Waals surface area (Å²) in [5, 5.41) is 0.705. The Balaban J connectivity index is 2.13. The standard InChI is InChI=1S/C13H15ClN2OS/c1-8(11-6-3-7-17-11)16-10-5-2-4-9(14)12(10)15-13(16)18/h2,4-5,8,11H,3,6-7H2,1H3,(H,15,18). The minimum Gasteiger partial charge on any atom is -0.376 e. The third-order valence-electron chi connectivity index (χ3n) is 3.61. The number of aromatic amines is 1. The van der Waals surface area contributed by atoms with Crippen LogP contribution in [0.5, 0.6) is 0 Å². The van der Waals surface area contributed by atoms with E-state index < -0.39 is 0 Å². The van der Waals surface area contributed by atoms with Crippen LogP contribution in [-0.4, -0.2) is 22.3 Å². The zero-order valence-corrected chi connectivity index (χ0v) is 11.7. The summed E-state index contributed by atoms with van der Waals surface area (Å²) in [5.74, 6) is 0. The van der Waals surface area contributed by atoms with Crippen molar-refractivity contribution in [1.29, 1.82) is 0 Å². The van der Waals surface area contributed by atoms with Gasteiger partial charge in [-0.2, -0.15) is 0 Å². The molecule has 1 fully saturated rings. The molecule has 96 valence electrons. The van der Waals surface area contributed by atoms with Gasteiger partial charge in [-0.05, 0) is 44.1 Å². The number of H-pyrrole nitrogens is 1. The first kappa shape index (κ1) is 12.2. The van der Waals surface area contributed by atoms with Crippen molar-refractivity contribution < 1.29 is 4.74 Å². The largest absolute Gasteiger partial charge is 0.376 e. The summed E-state index contributed by atoms with van der Waals surface area (Å²) in [6, 6.07) is 6.09. The molecular weight excluding hydrogens is 268 g/mol. The third kappa shape index (κ3) is 1.88. The van der Waals surface area contributed by atoms with Crippen LogP contribution >= 0.6 is 23.8 Å². The summed E-state index contributed by atoms with van der Waals surface area (Å²) in [4.78, 5) is 3.19. The molecule has 1 saturated heterocycles. The second kappa shape index (κ2) is 4.68. The first-order valence-electron chi connectivity index (χ1n) is 6.19. The highest BCUT2D eigenvalue weighted by Gasteiger charge is 2.25. The molecule has 3 rings (SSSR count). The Hall–Kier alpha value is -0.840. The van der Waals surface area contributed by atoms with Crippen LogP contribution in [0.1, 0.15) is 25.8 Å². The van der Waals surface area contributed by atoms with Gasteiger partial charge >= 0.3 is 0 Å². The second-order valence-corrected chi connectivity index (χ2v) is 5.52. The quantitative estimate of drug-likeness (QED) is 0.841. The third-order valence-corrected chi connectivity index (χ3v) is 4.23. The maximum Gasteiger partial charge on any atom is 0.178 e. The first-order chi connectivity index (χ1) is 8.68. The van der Waals surface area contributed by atoms with E-state index in [1.54, 1.807) is 0 Å². The van der Waals surface area contributed by atoms with Gasteiger partial charge in [0.1, 0.15) is 0 Å². The van der Waals surface area contributed by atoms with Gasteiger partial charge in [0.25, 0.3) is 0 Å². The lowest BCUT2D eigenvalue weighted by Crippen LogP contribution is -2.20. The first-order valence-corrected chi connectivity index (χ1v) is 6.97. The van der Waals surface area contributed by atoms with Crippen LogP contribution < -0.4 is 0 Å². The number of hydrogen-bond donors (Lipinski definition) is 1. The van der Waals surface area contributed by atoms with E-state index in [4.69, 9.17) is 28.6 Å². The molecule has 18 heavy (non-hydrogen) atoms. The number of benzene rings is 1. The van der Waals surface area contributed by atoms with Crippen LogP contribution in [-0.2, 0) is 4.74 Å². The Morgan fingerprint density at radius 2 is 2.39 bits per heavy atom. The van der Waals surface area contributed by atoms with Gasteiger partial charge in [-0.25, -0.2) is 0 Å². The van der Waals surface area contributed by atoms with Gasteiger partial charge in [0.2, 0.25) is 0 Å². The summed E-state index contributed by atoms with van der Waals surface area (Å²) >= 11 is 11.6. The van der Waals surface area contributed by atoms with Gasteiger partial charge in [0.15, 0.2) is 4.77 Å². The fourth-order valence-corrected chi connectivity index (χ4v) is 3.25. The predicted molar refractivity (Wildman–Crippen MR) is 75.8 cm³/mol. The molecule has 2 atom stereocenters. The minimum atomic E-state index is 0.229. The van der Waals surface area contributed by atoms with Crippen LogP contribution in [0.2, 0.25) is 5.02 Å². The lowest BCUT2D eigenvalue weighted by molar-refractivity contribution is 0.0741. The number of fused-ring (bicyclic) bond motifs is 1. The zero-order valence-electron chi connectivity index (χ0n) is 10.1. The van der Waals surface area contributed by atoms with E-state index >= 15 is 0 Å². The number of nitrogens with zero attached hydrogens (tertiary/aromatic N) is 1. The fraction of sp³-hybridized carbons (Fsp3) is 0.462. The molecule has 2 heterocycles. The van der Waals surface area contributed by atoms with E-state index in [1.807, 2.05) is 18.2 Å². The Bertz CT molecular complexity index is 627. The Morgan fingerprint density at radius 3 is 3.11 bits per heavy atom. The molecule has 1 aliphatic heterocycles. The van der Waals surface area contributed by atoms with Crippen LogP contribution in [0.15, 0.2) is 18.2 Å². The number of nitrogens with one attached hydrogen (secondary N) is 1. The zero-order chi connectivity index (χ0) is 12.7. The Morgan fingerprint density at radius 1 is 1.56 bits per heavy atom. The number of halogens is 1. The molecular formula is C13H15ClN2OS.